The fourth-order valence-electron chi connectivity index (χ4n) is 0.843. The van der Waals surface area contributed by atoms with Crippen molar-refractivity contribution in [1.82, 2.24) is 5.16 Å². The number of nitrogens with one attached hydrogen (secondary N) is 1. The molecule has 1 aromatic heterocycles. The van der Waals surface area contributed by atoms with E-state index in [-0.39, 0.29) is 0 Å². The monoisotopic (exact) mass is 276 g/mol. The first-order valence-electron chi connectivity index (χ1n) is 4.42. The molecule has 0 aliphatic heterocycles. The number of hydrogen-bond donors (Lipinski definition) is 1. The van der Waals surface area contributed by atoms with Crippen molar-refractivity contribution in [2.75, 3.05) is 5.32 Å². The third kappa shape index (κ3) is 4.33. The van der Waals surface area contributed by atoms with Crippen molar-refractivity contribution in [3.05, 3.63) is 11.8 Å². The lowest BCUT2D eigenvalue weighted by Crippen LogP contribution is -2.27. The topological polar surface area (TPSA) is 64.4 Å². The quantitative estimate of drug-likeness (QED) is 0.844. The number of hydrogen-bond acceptors (Lipinski definition) is 4. The van der Waals surface area contributed by atoms with Crippen molar-refractivity contribution in [3.8, 4) is 0 Å². The van der Waals surface area contributed by atoms with Crippen LogP contribution in [0.4, 0.5) is 10.6 Å². The molecule has 0 bridgehead atoms. The maximum atomic E-state index is 11.3. The van der Waals surface area contributed by atoms with Crippen LogP contribution in [0.15, 0.2) is 10.6 Å². The van der Waals surface area contributed by atoms with E-state index in [2.05, 4.69) is 26.4 Å². The Morgan fingerprint density at radius 1 is 1.67 bits per heavy atom. The van der Waals surface area contributed by atoms with Crippen molar-refractivity contribution in [2.45, 2.75) is 31.7 Å². The van der Waals surface area contributed by atoms with Crippen LogP contribution in [0.1, 0.15) is 26.5 Å². The Balaban J connectivity index is 2.51. The lowest BCUT2D eigenvalue weighted by Gasteiger charge is -2.18. The minimum atomic E-state index is -0.545. The Hall–Kier alpha value is -1.04. The number of nitrogens with zero attached hydrogens (tertiary/aromatic N) is 1. The molecule has 0 aliphatic rings. The minimum absolute atomic E-state index is 0.346. The van der Waals surface area contributed by atoms with Crippen LogP contribution in [0.5, 0.6) is 0 Å². The van der Waals surface area contributed by atoms with E-state index in [0.29, 0.717) is 16.9 Å². The van der Waals surface area contributed by atoms with Crippen LogP contribution in [-0.2, 0) is 10.1 Å². The largest absolute Gasteiger partial charge is 0.444 e. The first-order chi connectivity index (χ1) is 6.90. The molecule has 1 heterocycles. The van der Waals surface area contributed by atoms with Crippen LogP contribution in [0, 0.1) is 0 Å². The summed E-state index contributed by atoms with van der Waals surface area (Å²) in [5.41, 5.74) is -0.522. The maximum Gasteiger partial charge on any atom is 0.413 e. The van der Waals surface area contributed by atoms with Crippen LogP contribution in [0.3, 0.4) is 0 Å². The summed E-state index contributed by atoms with van der Waals surface area (Å²) in [6, 6.07) is 1.62. The zero-order valence-electron chi connectivity index (χ0n) is 8.83. The molecule has 6 heteroatoms. The number of rotatable bonds is 2. The molecule has 0 radical (unpaired) electrons. The smallest absolute Gasteiger partial charge is 0.413 e. The molecule has 5 nitrogen and oxygen atoms in total. The second-order valence-corrected chi connectivity index (χ2v) is 4.50. The molecule has 84 valence electrons. The molecule has 15 heavy (non-hydrogen) atoms. The summed E-state index contributed by atoms with van der Waals surface area (Å²) in [7, 11) is 0. The summed E-state index contributed by atoms with van der Waals surface area (Å²) in [5.74, 6) is 0.986. The number of aromatic nitrogens is 1. The van der Waals surface area contributed by atoms with Gasteiger partial charge in [0.1, 0.15) is 11.4 Å². The highest BCUT2D eigenvalue weighted by Crippen LogP contribution is 2.13. The Morgan fingerprint density at radius 3 is 2.80 bits per heavy atom. The molecular formula is C9H13BrN2O3. The van der Waals surface area contributed by atoms with Gasteiger partial charge in [-0.15, -0.1) is 0 Å². The van der Waals surface area contributed by atoms with E-state index in [1.807, 2.05) is 0 Å². The van der Waals surface area contributed by atoms with Crippen molar-refractivity contribution in [1.29, 1.82) is 0 Å². The number of alkyl halides is 1. The Kier molecular flexibility index (Phi) is 3.73. The molecule has 0 aliphatic carbocycles. The summed E-state index contributed by atoms with van der Waals surface area (Å²) in [6.07, 6.45) is -0.545. The highest BCUT2D eigenvalue weighted by atomic mass is 79.9. The lowest BCUT2D eigenvalue weighted by molar-refractivity contribution is 0.0634. The molecule has 1 N–H and O–H groups in total. The lowest BCUT2D eigenvalue weighted by atomic mass is 10.2. The first kappa shape index (κ1) is 12.0. The zero-order valence-corrected chi connectivity index (χ0v) is 10.4. The van der Waals surface area contributed by atoms with Gasteiger partial charge in [-0.25, -0.2) is 4.79 Å². The molecular weight excluding hydrogens is 264 g/mol. The van der Waals surface area contributed by atoms with Gasteiger partial charge >= 0.3 is 6.09 Å². The van der Waals surface area contributed by atoms with E-state index in [1.54, 1.807) is 26.8 Å². The van der Waals surface area contributed by atoms with Crippen molar-refractivity contribution in [2.24, 2.45) is 0 Å². The Bertz CT molecular complexity index is 343. The fraction of sp³-hybridized carbons (Fsp3) is 0.556. The normalized spacial score (nSPS) is 11.2. The highest BCUT2D eigenvalue weighted by molar-refractivity contribution is 9.08. The summed E-state index contributed by atoms with van der Waals surface area (Å²) in [6.45, 7) is 5.37. The van der Waals surface area contributed by atoms with Gasteiger partial charge in [0.2, 0.25) is 0 Å². The van der Waals surface area contributed by atoms with Crippen molar-refractivity contribution < 1.29 is 14.1 Å². The van der Waals surface area contributed by atoms with E-state index in [1.165, 1.54) is 0 Å². The first-order valence-corrected chi connectivity index (χ1v) is 5.54. The average molecular weight is 277 g/mol. The van der Waals surface area contributed by atoms with Crippen LogP contribution >= 0.6 is 15.9 Å². The van der Waals surface area contributed by atoms with Gasteiger partial charge in [-0.1, -0.05) is 21.1 Å². The number of ether oxygens (including phenoxy) is 1. The zero-order chi connectivity index (χ0) is 11.5. The second kappa shape index (κ2) is 4.65. The Morgan fingerprint density at radius 2 is 2.33 bits per heavy atom. The van der Waals surface area contributed by atoms with Crippen LogP contribution in [-0.4, -0.2) is 16.9 Å². The predicted octanol–water partition coefficient (Wildman–Crippen LogP) is 2.92. The van der Waals surface area contributed by atoms with E-state index in [9.17, 15) is 4.79 Å². The molecule has 0 spiro atoms. The molecule has 0 aromatic carbocycles. The van der Waals surface area contributed by atoms with E-state index in [0.717, 1.165) is 0 Å². The third-order valence-corrected chi connectivity index (χ3v) is 1.87. The summed E-state index contributed by atoms with van der Waals surface area (Å²) < 4.78 is 9.92. The third-order valence-electron chi connectivity index (χ3n) is 1.32. The number of carbonyl (C=O) groups excluding carboxylic acids is 1. The van der Waals surface area contributed by atoms with Crippen molar-refractivity contribution >= 4 is 27.8 Å². The molecule has 0 atom stereocenters. The minimum Gasteiger partial charge on any atom is -0.444 e. The SMILES string of the molecule is CC(C)(C)OC(=O)Nc1cc(CBr)on1. The van der Waals surface area contributed by atoms with Gasteiger partial charge in [-0.3, -0.25) is 5.32 Å². The molecule has 0 saturated heterocycles. The molecule has 1 amide bonds. The average Bonchev–Trinajstić information content (AvgIpc) is 2.48. The van der Waals surface area contributed by atoms with Gasteiger partial charge < -0.3 is 9.26 Å². The summed E-state index contributed by atoms with van der Waals surface area (Å²) in [5, 5.41) is 6.66. The van der Waals surface area contributed by atoms with Crippen LogP contribution in [0.2, 0.25) is 0 Å². The summed E-state index contributed by atoms with van der Waals surface area (Å²) in [4.78, 5) is 11.3. The molecule has 1 rings (SSSR count). The molecule has 1 aromatic rings. The van der Waals surface area contributed by atoms with E-state index < -0.39 is 11.7 Å². The van der Waals surface area contributed by atoms with Crippen LogP contribution < -0.4 is 5.32 Å². The molecule has 0 fully saturated rings. The van der Waals surface area contributed by atoms with Crippen molar-refractivity contribution in [3.63, 3.8) is 0 Å². The number of halogens is 1. The van der Waals surface area contributed by atoms with Gasteiger partial charge in [-0.2, -0.15) is 0 Å². The second-order valence-electron chi connectivity index (χ2n) is 3.94. The van der Waals surface area contributed by atoms with Gasteiger partial charge in [0.25, 0.3) is 0 Å². The standard InChI is InChI=1S/C9H13BrN2O3/c1-9(2,3)14-8(13)11-7-4-6(5-10)15-12-7/h4H,5H2,1-3H3,(H,11,12,13). The maximum absolute atomic E-state index is 11.3. The van der Waals surface area contributed by atoms with Gasteiger partial charge in [-0.05, 0) is 20.8 Å². The number of anilines is 1. The number of amides is 1. The highest BCUT2D eigenvalue weighted by Gasteiger charge is 2.17. The fourth-order valence-corrected chi connectivity index (χ4v) is 1.11. The van der Waals surface area contributed by atoms with E-state index in [4.69, 9.17) is 9.26 Å². The van der Waals surface area contributed by atoms with Gasteiger partial charge in [0, 0.05) is 6.07 Å². The predicted molar refractivity (Wildman–Crippen MR) is 59.0 cm³/mol. The van der Waals surface area contributed by atoms with Gasteiger partial charge in [0.05, 0.1) is 5.33 Å². The molecule has 0 saturated carbocycles. The summed E-state index contributed by atoms with van der Waals surface area (Å²) >= 11 is 3.21. The van der Waals surface area contributed by atoms with E-state index >= 15 is 0 Å². The van der Waals surface area contributed by atoms with Crippen LogP contribution in [0.25, 0.3) is 0 Å². The molecule has 0 unspecified atom stereocenters. The Labute approximate surface area is 96.3 Å². The van der Waals surface area contributed by atoms with Gasteiger partial charge in [0.15, 0.2) is 5.82 Å². The number of carbonyl (C=O) groups is 1.